The number of hydrogen-bond acceptors (Lipinski definition) is 6. The van der Waals surface area contributed by atoms with E-state index in [2.05, 4.69) is 21.4 Å². The largest absolute Gasteiger partial charge is 0.474 e. The summed E-state index contributed by atoms with van der Waals surface area (Å²) >= 11 is 1.80. The van der Waals surface area contributed by atoms with E-state index in [0.29, 0.717) is 18.6 Å². The Morgan fingerprint density at radius 3 is 2.85 bits per heavy atom. The van der Waals surface area contributed by atoms with Gasteiger partial charge in [0.05, 0.1) is 18.6 Å². The number of thiophene rings is 1. The third-order valence-electron chi connectivity index (χ3n) is 5.83. The summed E-state index contributed by atoms with van der Waals surface area (Å²) in [5.41, 5.74) is 1.38. The van der Waals surface area contributed by atoms with Crippen molar-refractivity contribution in [3.05, 3.63) is 28.9 Å². The lowest BCUT2D eigenvalue weighted by Gasteiger charge is -2.28. The summed E-state index contributed by atoms with van der Waals surface area (Å²) in [5, 5.41) is 4.53. The topological polar surface area (TPSA) is 56.3 Å². The number of ether oxygens (including phenoxy) is 2. The molecule has 6 heteroatoms. The van der Waals surface area contributed by atoms with Gasteiger partial charge in [-0.2, -0.15) is 0 Å². The Hall–Kier alpha value is -1.50. The predicted molar refractivity (Wildman–Crippen MR) is 110 cm³/mol. The summed E-state index contributed by atoms with van der Waals surface area (Å²) in [5.74, 6) is 1.21. The van der Waals surface area contributed by atoms with E-state index in [0.717, 1.165) is 48.4 Å². The third kappa shape index (κ3) is 4.03. The van der Waals surface area contributed by atoms with Crippen molar-refractivity contribution in [2.24, 2.45) is 0 Å². The van der Waals surface area contributed by atoms with Crippen LogP contribution < -0.4 is 10.1 Å². The molecule has 0 aromatic carbocycles. The lowest BCUT2D eigenvalue weighted by atomic mass is 9.93. The van der Waals surface area contributed by atoms with E-state index in [1.165, 1.54) is 23.3 Å². The van der Waals surface area contributed by atoms with Crippen molar-refractivity contribution in [2.75, 3.05) is 20.3 Å². The summed E-state index contributed by atoms with van der Waals surface area (Å²) in [6.45, 7) is 3.46. The van der Waals surface area contributed by atoms with Crippen LogP contribution in [0.5, 0.6) is 5.88 Å². The SMILES string of the molecule is C/C=C/COC[C@H]1CCc2sc3ncnc(OC4CCC(NC)CC4)c3c21. The molecule has 2 heterocycles. The van der Waals surface area contributed by atoms with Crippen LogP contribution in [0.25, 0.3) is 10.2 Å². The molecule has 2 aromatic rings. The van der Waals surface area contributed by atoms with E-state index >= 15 is 0 Å². The molecule has 2 aliphatic carbocycles. The molecule has 1 saturated carbocycles. The zero-order valence-electron chi connectivity index (χ0n) is 16.2. The molecule has 5 nitrogen and oxygen atoms in total. The second-order valence-electron chi connectivity index (χ2n) is 7.52. The van der Waals surface area contributed by atoms with Crippen LogP contribution in [0.3, 0.4) is 0 Å². The fourth-order valence-corrected chi connectivity index (χ4v) is 5.53. The van der Waals surface area contributed by atoms with Crippen molar-refractivity contribution in [3.8, 4) is 5.88 Å². The van der Waals surface area contributed by atoms with Crippen LogP contribution in [0.2, 0.25) is 0 Å². The van der Waals surface area contributed by atoms with Crippen LogP contribution in [-0.2, 0) is 11.2 Å². The van der Waals surface area contributed by atoms with Gasteiger partial charge >= 0.3 is 0 Å². The minimum Gasteiger partial charge on any atom is -0.474 e. The maximum absolute atomic E-state index is 6.41. The van der Waals surface area contributed by atoms with Gasteiger partial charge in [0.1, 0.15) is 17.3 Å². The molecule has 27 heavy (non-hydrogen) atoms. The normalized spacial score (nSPS) is 25.3. The Labute approximate surface area is 165 Å². The first kappa shape index (κ1) is 18.8. The maximum atomic E-state index is 6.41. The number of nitrogens with one attached hydrogen (secondary N) is 1. The quantitative estimate of drug-likeness (QED) is 0.569. The standard InChI is InChI=1S/C21H29N3O2S/c1-3-4-11-25-12-14-5-10-17-18(14)19-20(23-13-24-21(19)27-17)26-16-8-6-15(22-2)7-9-16/h3-4,13-16,22H,5-12H2,1-2H3/b4-3+/t14-,15?,16?/m1/s1. The minimum atomic E-state index is 0.258. The van der Waals surface area contributed by atoms with Gasteiger partial charge in [-0.1, -0.05) is 12.2 Å². The highest BCUT2D eigenvalue weighted by Gasteiger charge is 2.31. The number of aromatic nitrogens is 2. The second-order valence-corrected chi connectivity index (χ2v) is 8.60. The molecule has 1 atom stereocenters. The van der Waals surface area contributed by atoms with Crippen molar-refractivity contribution >= 4 is 21.6 Å². The van der Waals surface area contributed by atoms with Crippen molar-refractivity contribution in [3.63, 3.8) is 0 Å². The Balaban J connectivity index is 1.54. The van der Waals surface area contributed by atoms with Gasteiger partial charge in [-0.25, -0.2) is 9.97 Å². The van der Waals surface area contributed by atoms with Crippen molar-refractivity contribution < 1.29 is 9.47 Å². The van der Waals surface area contributed by atoms with Crippen molar-refractivity contribution in [1.82, 2.24) is 15.3 Å². The zero-order valence-corrected chi connectivity index (χ0v) is 17.1. The zero-order chi connectivity index (χ0) is 18.6. The van der Waals surface area contributed by atoms with E-state index in [1.54, 1.807) is 17.7 Å². The van der Waals surface area contributed by atoms with Gasteiger partial charge in [-0.15, -0.1) is 11.3 Å². The molecule has 0 bridgehead atoms. The second kappa shape index (κ2) is 8.67. The summed E-state index contributed by atoms with van der Waals surface area (Å²) in [6.07, 6.45) is 12.8. The predicted octanol–water partition coefficient (Wildman–Crippen LogP) is 4.22. The monoisotopic (exact) mass is 387 g/mol. The number of allylic oxidation sites excluding steroid dienone is 1. The van der Waals surface area contributed by atoms with Gasteiger partial charge in [-0.05, 0) is 58.1 Å². The minimum absolute atomic E-state index is 0.258. The molecule has 0 spiro atoms. The smallest absolute Gasteiger partial charge is 0.225 e. The molecule has 0 saturated heterocycles. The summed E-state index contributed by atoms with van der Waals surface area (Å²) in [4.78, 5) is 11.6. The summed E-state index contributed by atoms with van der Waals surface area (Å²) in [7, 11) is 2.05. The molecule has 1 fully saturated rings. The summed E-state index contributed by atoms with van der Waals surface area (Å²) < 4.78 is 12.3. The molecule has 2 aliphatic rings. The van der Waals surface area contributed by atoms with Crippen molar-refractivity contribution in [2.45, 2.75) is 63.5 Å². The number of hydrogen-bond donors (Lipinski definition) is 1. The number of rotatable bonds is 7. The molecule has 0 amide bonds. The lowest BCUT2D eigenvalue weighted by Crippen LogP contribution is -2.34. The summed E-state index contributed by atoms with van der Waals surface area (Å²) in [6, 6.07) is 0.624. The van der Waals surface area contributed by atoms with Crippen LogP contribution in [0.15, 0.2) is 18.5 Å². The highest BCUT2D eigenvalue weighted by Crippen LogP contribution is 2.46. The van der Waals surface area contributed by atoms with Crippen LogP contribution in [0.4, 0.5) is 0 Å². The van der Waals surface area contributed by atoms with Crippen LogP contribution in [0, 0.1) is 0 Å². The molecule has 0 unspecified atom stereocenters. The van der Waals surface area contributed by atoms with Crippen molar-refractivity contribution in [1.29, 1.82) is 0 Å². The molecule has 146 valence electrons. The van der Waals surface area contributed by atoms with Gasteiger partial charge in [-0.3, -0.25) is 0 Å². The molecular weight excluding hydrogens is 358 g/mol. The van der Waals surface area contributed by atoms with E-state index < -0.39 is 0 Å². The Bertz CT molecular complexity index is 796. The Morgan fingerprint density at radius 2 is 2.07 bits per heavy atom. The number of fused-ring (bicyclic) bond motifs is 3. The van der Waals surface area contributed by atoms with Crippen LogP contribution in [-0.4, -0.2) is 42.4 Å². The number of aryl methyl sites for hydroxylation is 1. The van der Waals surface area contributed by atoms with Crippen LogP contribution >= 0.6 is 11.3 Å². The Kier molecular flexibility index (Phi) is 6.05. The molecule has 4 rings (SSSR count). The highest BCUT2D eigenvalue weighted by atomic mass is 32.1. The van der Waals surface area contributed by atoms with Gasteiger partial charge < -0.3 is 14.8 Å². The first-order valence-electron chi connectivity index (χ1n) is 10.1. The molecule has 1 N–H and O–H groups in total. The van der Waals surface area contributed by atoms with E-state index in [-0.39, 0.29) is 6.10 Å². The van der Waals surface area contributed by atoms with E-state index in [4.69, 9.17) is 9.47 Å². The highest BCUT2D eigenvalue weighted by molar-refractivity contribution is 7.19. The molecule has 2 aromatic heterocycles. The molecule has 0 radical (unpaired) electrons. The van der Waals surface area contributed by atoms with Crippen LogP contribution in [0.1, 0.15) is 55.4 Å². The average Bonchev–Trinajstić information content (AvgIpc) is 3.26. The first-order valence-corrected chi connectivity index (χ1v) is 10.9. The maximum Gasteiger partial charge on any atom is 0.225 e. The van der Waals surface area contributed by atoms with E-state index in [9.17, 15) is 0 Å². The molecule has 0 aliphatic heterocycles. The van der Waals surface area contributed by atoms with Gasteiger partial charge in [0.2, 0.25) is 5.88 Å². The van der Waals surface area contributed by atoms with Gasteiger partial charge in [0, 0.05) is 16.8 Å². The van der Waals surface area contributed by atoms with Gasteiger partial charge in [0.15, 0.2) is 0 Å². The molecular formula is C21H29N3O2S. The fourth-order valence-electron chi connectivity index (χ4n) is 4.30. The lowest BCUT2D eigenvalue weighted by molar-refractivity contribution is 0.137. The van der Waals surface area contributed by atoms with E-state index in [1.807, 2.05) is 20.0 Å². The Morgan fingerprint density at radius 1 is 1.22 bits per heavy atom. The van der Waals surface area contributed by atoms with Gasteiger partial charge in [0.25, 0.3) is 0 Å². The fraction of sp³-hybridized carbons (Fsp3) is 0.619. The number of nitrogens with zero attached hydrogens (tertiary/aromatic N) is 2. The first-order chi connectivity index (χ1) is 13.3. The third-order valence-corrected chi connectivity index (χ3v) is 7.00. The average molecular weight is 388 g/mol.